The number of hydrogen-bond donors (Lipinski definition) is 1. The Morgan fingerprint density at radius 1 is 1.30 bits per heavy atom. The second kappa shape index (κ2) is 7.04. The molecule has 1 atom stereocenters. The zero-order valence-corrected chi connectivity index (χ0v) is 12.5. The number of likely N-dealkylation sites (N-methyl/N-ethyl adjacent to an activating group) is 2. The molecule has 1 aromatic heterocycles. The molecule has 7 heteroatoms. The van der Waals surface area contributed by atoms with Crippen LogP contribution in [0.15, 0.2) is 17.5 Å². The van der Waals surface area contributed by atoms with E-state index < -0.39 is 11.9 Å². The predicted molar refractivity (Wildman–Crippen MR) is 75.7 cm³/mol. The SMILES string of the molecule is CC(CN(C)C(=O)CN(C)C(=O)c1cccs1)C(=O)O. The van der Waals surface area contributed by atoms with E-state index in [1.54, 1.807) is 24.6 Å². The topological polar surface area (TPSA) is 77.9 Å². The summed E-state index contributed by atoms with van der Waals surface area (Å²) >= 11 is 1.32. The minimum Gasteiger partial charge on any atom is -0.481 e. The first kappa shape index (κ1) is 16.2. The largest absolute Gasteiger partial charge is 0.481 e. The third-order valence-corrected chi connectivity index (χ3v) is 3.70. The summed E-state index contributed by atoms with van der Waals surface area (Å²) in [5, 5.41) is 10.6. The number of carbonyl (C=O) groups excluding carboxylic acids is 2. The van der Waals surface area contributed by atoms with Crippen molar-refractivity contribution in [2.45, 2.75) is 6.92 Å². The Balaban J connectivity index is 2.53. The van der Waals surface area contributed by atoms with Gasteiger partial charge in [-0.25, -0.2) is 0 Å². The highest BCUT2D eigenvalue weighted by Gasteiger charge is 2.21. The maximum Gasteiger partial charge on any atom is 0.308 e. The molecule has 1 heterocycles. The van der Waals surface area contributed by atoms with Gasteiger partial charge in [-0.2, -0.15) is 0 Å². The number of carboxylic acid groups (broad SMARTS) is 1. The van der Waals surface area contributed by atoms with Gasteiger partial charge in [-0.3, -0.25) is 14.4 Å². The van der Waals surface area contributed by atoms with E-state index in [9.17, 15) is 14.4 Å². The molecule has 0 aliphatic carbocycles. The van der Waals surface area contributed by atoms with Gasteiger partial charge in [0.15, 0.2) is 0 Å². The van der Waals surface area contributed by atoms with Crippen molar-refractivity contribution in [3.05, 3.63) is 22.4 Å². The van der Waals surface area contributed by atoms with Crippen LogP contribution in [0.5, 0.6) is 0 Å². The lowest BCUT2D eigenvalue weighted by Gasteiger charge is -2.23. The number of rotatable bonds is 6. The van der Waals surface area contributed by atoms with Crippen molar-refractivity contribution in [3.63, 3.8) is 0 Å². The van der Waals surface area contributed by atoms with Gasteiger partial charge >= 0.3 is 5.97 Å². The van der Waals surface area contributed by atoms with Gasteiger partial charge < -0.3 is 14.9 Å². The van der Waals surface area contributed by atoms with Crippen LogP contribution in [0.3, 0.4) is 0 Å². The van der Waals surface area contributed by atoms with E-state index in [0.717, 1.165) is 0 Å². The second-order valence-corrected chi connectivity index (χ2v) is 5.60. The van der Waals surface area contributed by atoms with Crippen LogP contribution >= 0.6 is 11.3 Å². The molecule has 0 bridgehead atoms. The van der Waals surface area contributed by atoms with Gasteiger partial charge in [0.1, 0.15) is 0 Å². The minimum absolute atomic E-state index is 0.0699. The molecule has 0 aliphatic heterocycles. The van der Waals surface area contributed by atoms with Crippen molar-refractivity contribution >= 4 is 29.1 Å². The predicted octanol–water partition coefficient (Wildman–Crippen LogP) is 0.999. The first-order valence-corrected chi connectivity index (χ1v) is 6.96. The Hall–Kier alpha value is -1.89. The van der Waals surface area contributed by atoms with Gasteiger partial charge in [0, 0.05) is 20.6 Å². The molecule has 0 aromatic carbocycles. The summed E-state index contributed by atoms with van der Waals surface area (Å²) in [4.78, 5) is 37.9. The molecule has 1 unspecified atom stereocenters. The average Bonchev–Trinajstić information content (AvgIpc) is 2.90. The molecule has 6 nitrogen and oxygen atoms in total. The van der Waals surface area contributed by atoms with Crippen LogP contribution in [-0.2, 0) is 9.59 Å². The van der Waals surface area contributed by atoms with E-state index in [0.29, 0.717) is 4.88 Å². The summed E-state index contributed by atoms with van der Waals surface area (Å²) in [6, 6.07) is 3.47. The second-order valence-electron chi connectivity index (χ2n) is 4.65. The molecule has 0 saturated heterocycles. The normalized spacial score (nSPS) is 11.8. The first-order chi connectivity index (χ1) is 9.32. The quantitative estimate of drug-likeness (QED) is 0.850. The maximum atomic E-state index is 12.0. The highest BCUT2D eigenvalue weighted by atomic mass is 32.1. The number of thiophene rings is 1. The maximum absolute atomic E-state index is 12.0. The van der Waals surface area contributed by atoms with Gasteiger partial charge in [0.25, 0.3) is 5.91 Å². The molecule has 0 fully saturated rings. The third kappa shape index (κ3) is 4.34. The zero-order chi connectivity index (χ0) is 15.3. The van der Waals surface area contributed by atoms with Crippen molar-refractivity contribution < 1.29 is 19.5 Å². The van der Waals surface area contributed by atoms with Crippen molar-refractivity contribution in [1.29, 1.82) is 0 Å². The Morgan fingerprint density at radius 2 is 1.95 bits per heavy atom. The highest BCUT2D eigenvalue weighted by Crippen LogP contribution is 2.11. The highest BCUT2D eigenvalue weighted by molar-refractivity contribution is 7.12. The molecule has 0 saturated carbocycles. The van der Waals surface area contributed by atoms with E-state index in [4.69, 9.17) is 5.11 Å². The molecule has 0 radical (unpaired) electrons. The number of carboxylic acids is 1. The van der Waals surface area contributed by atoms with Crippen molar-refractivity contribution in [2.75, 3.05) is 27.2 Å². The first-order valence-electron chi connectivity index (χ1n) is 6.08. The number of aliphatic carboxylic acids is 1. The van der Waals surface area contributed by atoms with E-state index in [2.05, 4.69) is 0 Å². The fraction of sp³-hybridized carbons (Fsp3) is 0.462. The lowest BCUT2D eigenvalue weighted by molar-refractivity contribution is -0.142. The van der Waals surface area contributed by atoms with Crippen LogP contribution in [0.2, 0.25) is 0 Å². The van der Waals surface area contributed by atoms with Gasteiger partial charge in [-0.1, -0.05) is 13.0 Å². The van der Waals surface area contributed by atoms with E-state index in [1.807, 2.05) is 0 Å². The van der Waals surface area contributed by atoms with Crippen LogP contribution in [0, 0.1) is 5.92 Å². The van der Waals surface area contributed by atoms with Crippen LogP contribution in [0.4, 0.5) is 0 Å². The lowest BCUT2D eigenvalue weighted by atomic mass is 10.2. The van der Waals surface area contributed by atoms with E-state index in [1.165, 1.54) is 35.1 Å². The molecule has 2 amide bonds. The van der Waals surface area contributed by atoms with E-state index >= 15 is 0 Å². The van der Waals surface area contributed by atoms with Crippen LogP contribution < -0.4 is 0 Å². The summed E-state index contributed by atoms with van der Waals surface area (Å²) in [7, 11) is 3.08. The number of hydrogen-bond acceptors (Lipinski definition) is 4. The molecule has 1 rings (SSSR count). The molecular formula is C13H18N2O4S. The fourth-order valence-corrected chi connectivity index (χ4v) is 2.29. The minimum atomic E-state index is -0.951. The molecule has 110 valence electrons. The summed E-state index contributed by atoms with van der Waals surface area (Å²) in [6.45, 7) is 1.58. The van der Waals surface area contributed by atoms with Gasteiger partial charge in [-0.05, 0) is 11.4 Å². The lowest BCUT2D eigenvalue weighted by Crippen LogP contribution is -2.41. The van der Waals surface area contributed by atoms with Gasteiger partial charge in [-0.15, -0.1) is 11.3 Å². The summed E-state index contributed by atoms with van der Waals surface area (Å²) in [6.07, 6.45) is 0. The Labute approximate surface area is 121 Å². The van der Waals surface area contributed by atoms with E-state index in [-0.39, 0.29) is 24.9 Å². The molecule has 0 spiro atoms. The Kier molecular flexibility index (Phi) is 5.69. The van der Waals surface area contributed by atoms with Crippen LogP contribution in [-0.4, -0.2) is 59.9 Å². The summed E-state index contributed by atoms with van der Waals surface area (Å²) < 4.78 is 0. The standard InChI is InChI=1S/C13H18N2O4S/c1-9(13(18)19)7-14(2)11(16)8-15(3)12(17)10-5-4-6-20-10/h4-6,9H,7-8H2,1-3H3,(H,18,19). The van der Waals surface area contributed by atoms with Crippen LogP contribution in [0.1, 0.15) is 16.6 Å². The molecule has 1 N–H and O–H groups in total. The summed E-state index contributed by atoms with van der Waals surface area (Å²) in [5.74, 6) is -2.09. The molecule has 0 aliphatic rings. The monoisotopic (exact) mass is 298 g/mol. The summed E-state index contributed by atoms with van der Waals surface area (Å²) in [5.41, 5.74) is 0. The fourth-order valence-electron chi connectivity index (χ4n) is 1.57. The van der Waals surface area contributed by atoms with Gasteiger partial charge in [0.05, 0.1) is 17.3 Å². The molecule has 1 aromatic rings. The molecule has 20 heavy (non-hydrogen) atoms. The van der Waals surface area contributed by atoms with Crippen molar-refractivity contribution in [3.8, 4) is 0 Å². The smallest absolute Gasteiger partial charge is 0.308 e. The van der Waals surface area contributed by atoms with Crippen LogP contribution in [0.25, 0.3) is 0 Å². The molecular weight excluding hydrogens is 280 g/mol. The zero-order valence-electron chi connectivity index (χ0n) is 11.7. The number of amides is 2. The number of carbonyl (C=O) groups is 3. The Bertz CT molecular complexity index is 487. The third-order valence-electron chi connectivity index (χ3n) is 2.85. The average molecular weight is 298 g/mol. The number of nitrogens with zero attached hydrogens (tertiary/aromatic N) is 2. The Morgan fingerprint density at radius 3 is 2.45 bits per heavy atom. The van der Waals surface area contributed by atoms with Crippen molar-refractivity contribution in [2.24, 2.45) is 5.92 Å². The van der Waals surface area contributed by atoms with Gasteiger partial charge in [0.2, 0.25) is 5.91 Å². The van der Waals surface area contributed by atoms with Crippen molar-refractivity contribution in [1.82, 2.24) is 9.80 Å².